The summed E-state index contributed by atoms with van der Waals surface area (Å²) in [6, 6.07) is 15.6. The Hall–Kier alpha value is -2.29. The van der Waals surface area contributed by atoms with Crippen molar-refractivity contribution in [3.05, 3.63) is 59.7 Å². The molecule has 0 bridgehead atoms. The van der Waals surface area contributed by atoms with Crippen molar-refractivity contribution in [2.24, 2.45) is 5.92 Å². The summed E-state index contributed by atoms with van der Waals surface area (Å²) in [6.45, 7) is 6.26. The zero-order chi connectivity index (χ0) is 15.7. The molecule has 0 radical (unpaired) electrons. The van der Waals surface area contributed by atoms with Gasteiger partial charge in [-0.3, -0.25) is 4.79 Å². The van der Waals surface area contributed by atoms with E-state index in [4.69, 9.17) is 4.74 Å². The van der Waals surface area contributed by atoms with E-state index >= 15 is 0 Å². The van der Waals surface area contributed by atoms with Gasteiger partial charge in [-0.1, -0.05) is 50.2 Å². The Morgan fingerprint density at radius 2 is 1.45 bits per heavy atom. The van der Waals surface area contributed by atoms with Crippen LogP contribution >= 0.6 is 0 Å². The van der Waals surface area contributed by atoms with Crippen molar-refractivity contribution in [2.75, 3.05) is 0 Å². The fourth-order valence-corrected chi connectivity index (χ4v) is 2.67. The van der Waals surface area contributed by atoms with E-state index < -0.39 is 0 Å². The van der Waals surface area contributed by atoms with Crippen LogP contribution in [0.5, 0.6) is 11.5 Å². The van der Waals surface area contributed by atoms with Crippen LogP contribution in [0.3, 0.4) is 0 Å². The van der Waals surface area contributed by atoms with Crippen molar-refractivity contribution in [3.8, 4) is 11.5 Å². The average molecular weight is 295 g/mol. The Morgan fingerprint density at radius 3 is 1.95 bits per heavy atom. The number of nitrogens with one attached hydrogen (secondary N) is 1. The van der Waals surface area contributed by atoms with Gasteiger partial charge in [0, 0.05) is 17.2 Å². The van der Waals surface area contributed by atoms with Crippen LogP contribution in [-0.2, 0) is 4.79 Å². The number of benzene rings is 2. The van der Waals surface area contributed by atoms with Crippen molar-refractivity contribution >= 4 is 5.91 Å². The third-order valence-electron chi connectivity index (χ3n) is 4.31. The van der Waals surface area contributed by atoms with E-state index in [2.05, 4.69) is 19.2 Å². The number of ether oxygens (including phenoxy) is 1. The zero-order valence-electron chi connectivity index (χ0n) is 13.2. The van der Waals surface area contributed by atoms with E-state index in [9.17, 15) is 4.79 Å². The number of para-hydroxylation sites is 2. The van der Waals surface area contributed by atoms with Crippen LogP contribution in [-0.4, -0.2) is 11.9 Å². The van der Waals surface area contributed by atoms with Crippen LogP contribution in [0.4, 0.5) is 0 Å². The Kier molecular flexibility index (Phi) is 3.88. The molecule has 1 atom stereocenters. The van der Waals surface area contributed by atoms with Gasteiger partial charge >= 0.3 is 0 Å². The third-order valence-corrected chi connectivity index (χ3v) is 4.31. The van der Waals surface area contributed by atoms with Gasteiger partial charge in [-0.2, -0.15) is 0 Å². The predicted octanol–water partition coefficient (Wildman–Crippen LogP) is 4.08. The van der Waals surface area contributed by atoms with E-state index in [0.717, 1.165) is 22.6 Å². The first-order valence-corrected chi connectivity index (χ1v) is 7.74. The topological polar surface area (TPSA) is 38.3 Å². The molecule has 1 amide bonds. The van der Waals surface area contributed by atoms with E-state index in [0.29, 0.717) is 5.92 Å². The predicted molar refractivity (Wildman–Crippen MR) is 87.2 cm³/mol. The minimum atomic E-state index is -0.317. The molecule has 3 rings (SSSR count). The van der Waals surface area contributed by atoms with Crippen molar-refractivity contribution in [1.29, 1.82) is 0 Å². The van der Waals surface area contributed by atoms with Gasteiger partial charge in [0.15, 0.2) is 0 Å². The molecule has 114 valence electrons. The van der Waals surface area contributed by atoms with Gasteiger partial charge in [-0.15, -0.1) is 0 Å². The maximum absolute atomic E-state index is 12.9. The van der Waals surface area contributed by atoms with Crippen molar-refractivity contribution in [1.82, 2.24) is 5.32 Å². The second kappa shape index (κ2) is 5.84. The molecule has 0 saturated carbocycles. The van der Waals surface area contributed by atoms with E-state index in [1.165, 1.54) is 0 Å². The molecule has 1 N–H and O–H groups in total. The lowest BCUT2D eigenvalue weighted by molar-refractivity contribution is -0.122. The van der Waals surface area contributed by atoms with E-state index in [1.54, 1.807) is 0 Å². The summed E-state index contributed by atoms with van der Waals surface area (Å²) in [6.07, 6.45) is 0. The number of rotatable bonds is 3. The molecule has 1 unspecified atom stereocenters. The lowest BCUT2D eigenvalue weighted by atomic mass is 9.87. The van der Waals surface area contributed by atoms with Gasteiger partial charge in [-0.05, 0) is 25.0 Å². The average Bonchev–Trinajstić information content (AvgIpc) is 2.52. The lowest BCUT2D eigenvalue weighted by Gasteiger charge is -2.29. The van der Waals surface area contributed by atoms with Gasteiger partial charge < -0.3 is 10.1 Å². The summed E-state index contributed by atoms with van der Waals surface area (Å²) < 4.78 is 5.93. The molecule has 2 aromatic rings. The first-order valence-electron chi connectivity index (χ1n) is 7.74. The summed E-state index contributed by atoms with van der Waals surface area (Å²) >= 11 is 0. The Labute approximate surface area is 131 Å². The number of amides is 1. The number of carbonyl (C=O) groups is 1. The minimum absolute atomic E-state index is 0.0319. The van der Waals surface area contributed by atoms with Crippen molar-refractivity contribution in [3.63, 3.8) is 0 Å². The second-order valence-electron chi connectivity index (χ2n) is 6.15. The highest BCUT2D eigenvalue weighted by atomic mass is 16.5. The molecule has 2 aromatic carbocycles. The van der Waals surface area contributed by atoms with Crippen LogP contribution in [0.15, 0.2) is 48.5 Å². The largest absolute Gasteiger partial charge is 0.457 e. The molecule has 1 aliphatic rings. The molecule has 22 heavy (non-hydrogen) atoms. The highest BCUT2D eigenvalue weighted by molar-refractivity contribution is 5.89. The summed E-state index contributed by atoms with van der Waals surface area (Å²) in [7, 11) is 0. The maximum Gasteiger partial charge on any atom is 0.232 e. The first-order chi connectivity index (χ1) is 10.6. The number of hydrogen-bond donors (Lipinski definition) is 1. The number of hydrogen-bond acceptors (Lipinski definition) is 2. The van der Waals surface area contributed by atoms with Gasteiger partial charge in [0.25, 0.3) is 0 Å². The molecule has 1 heterocycles. The molecule has 3 nitrogen and oxygen atoms in total. The van der Waals surface area contributed by atoms with E-state index in [-0.39, 0.29) is 17.9 Å². The summed E-state index contributed by atoms with van der Waals surface area (Å²) in [5.41, 5.74) is 1.85. The Bertz CT molecular complexity index is 648. The molecule has 0 spiro atoms. The highest BCUT2D eigenvalue weighted by Gasteiger charge is 2.32. The maximum atomic E-state index is 12.9. The standard InChI is InChI=1S/C19H21NO2/c1-12(2)13(3)20-19(21)18-14-8-4-6-10-16(14)22-17-11-7-5-9-15(17)18/h4-13,18H,1-3H3,(H,20,21). The zero-order valence-corrected chi connectivity index (χ0v) is 13.2. The van der Waals surface area contributed by atoms with Gasteiger partial charge in [0.2, 0.25) is 5.91 Å². The summed E-state index contributed by atoms with van der Waals surface area (Å²) in [5, 5.41) is 3.14. The van der Waals surface area contributed by atoms with Gasteiger partial charge in [-0.25, -0.2) is 0 Å². The third kappa shape index (κ3) is 2.59. The summed E-state index contributed by atoms with van der Waals surface area (Å²) in [4.78, 5) is 12.9. The molecule has 1 aliphatic heterocycles. The van der Waals surface area contributed by atoms with Crippen LogP contribution < -0.4 is 10.1 Å². The SMILES string of the molecule is CC(C)C(C)NC(=O)C1c2ccccc2Oc2ccccc21. The monoisotopic (exact) mass is 295 g/mol. The van der Waals surface area contributed by atoms with Crippen LogP contribution in [0.1, 0.15) is 37.8 Å². The molecule has 3 heteroatoms. The molecule has 0 aromatic heterocycles. The second-order valence-corrected chi connectivity index (χ2v) is 6.15. The van der Waals surface area contributed by atoms with Gasteiger partial charge in [0.05, 0.1) is 5.92 Å². The normalized spacial score (nSPS) is 14.7. The Morgan fingerprint density at radius 1 is 0.955 bits per heavy atom. The van der Waals surface area contributed by atoms with Crippen LogP contribution in [0.25, 0.3) is 0 Å². The highest BCUT2D eigenvalue weighted by Crippen LogP contribution is 2.43. The first kappa shape index (κ1) is 14.6. The minimum Gasteiger partial charge on any atom is -0.457 e. The smallest absolute Gasteiger partial charge is 0.232 e. The molecular weight excluding hydrogens is 274 g/mol. The fraction of sp³-hybridized carbons (Fsp3) is 0.316. The van der Waals surface area contributed by atoms with Gasteiger partial charge in [0.1, 0.15) is 11.5 Å². The van der Waals surface area contributed by atoms with Crippen LogP contribution in [0, 0.1) is 5.92 Å². The Balaban J connectivity index is 2.01. The van der Waals surface area contributed by atoms with Crippen molar-refractivity contribution < 1.29 is 9.53 Å². The molecule has 0 aliphatic carbocycles. The van der Waals surface area contributed by atoms with E-state index in [1.807, 2.05) is 55.5 Å². The number of carbonyl (C=O) groups excluding carboxylic acids is 1. The quantitative estimate of drug-likeness (QED) is 0.926. The lowest BCUT2D eigenvalue weighted by Crippen LogP contribution is -2.40. The fourth-order valence-electron chi connectivity index (χ4n) is 2.67. The molecular formula is C19H21NO2. The van der Waals surface area contributed by atoms with Crippen molar-refractivity contribution in [2.45, 2.75) is 32.7 Å². The number of fused-ring (bicyclic) bond motifs is 2. The molecule has 0 saturated heterocycles. The summed E-state index contributed by atoms with van der Waals surface area (Å²) in [5.74, 6) is 1.64. The van der Waals surface area contributed by atoms with Crippen LogP contribution in [0.2, 0.25) is 0 Å². The molecule has 0 fully saturated rings.